The maximum atomic E-state index is 5.79. The van der Waals surface area contributed by atoms with Gasteiger partial charge in [0.1, 0.15) is 0 Å². The molecule has 0 aromatic rings. The quantitative estimate of drug-likeness (QED) is 0.376. The molecule has 0 radical (unpaired) electrons. The van der Waals surface area contributed by atoms with Gasteiger partial charge in [-0.25, -0.2) is 0 Å². The molecule has 0 fully saturated rings. The molecular formula is C5H12ClN. The third-order valence-electron chi connectivity index (χ3n) is 1.06. The van der Waals surface area contributed by atoms with E-state index in [1.807, 2.05) is 32.8 Å². The first-order valence-corrected chi connectivity index (χ1v) is 2.68. The summed E-state index contributed by atoms with van der Waals surface area (Å²) in [5.74, 6) is 0. The summed E-state index contributed by atoms with van der Waals surface area (Å²) in [7, 11) is 3.90. The van der Waals surface area contributed by atoms with E-state index in [4.69, 9.17) is 11.6 Å². The molecule has 44 valence electrons. The highest BCUT2D eigenvalue weighted by Crippen LogP contribution is 2.13. The van der Waals surface area contributed by atoms with Crippen LogP contribution in [0.4, 0.5) is 0 Å². The zero-order valence-electron chi connectivity index (χ0n) is 5.33. The van der Waals surface area contributed by atoms with Gasteiger partial charge in [-0.15, -0.1) is 11.6 Å². The van der Waals surface area contributed by atoms with Crippen LogP contribution in [-0.2, 0) is 0 Å². The van der Waals surface area contributed by atoms with E-state index >= 15 is 0 Å². The lowest BCUT2D eigenvalue weighted by molar-refractivity contribution is 0.291. The first kappa shape index (κ1) is 7.25. The Morgan fingerprint density at radius 3 is 1.43 bits per heavy atom. The van der Waals surface area contributed by atoms with Crippen molar-refractivity contribution in [1.29, 1.82) is 0 Å². The Morgan fingerprint density at radius 1 is 1.29 bits per heavy atom. The fourth-order valence-electron chi connectivity index (χ4n) is 0. The van der Waals surface area contributed by atoms with Crippen molar-refractivity contribution in [2.24, 2.45) is 0 Å². The molecule has 0 unspecified atom stereocenters. The zero-order chi connectivity index (χ0) is 6.08. The Hall–Kier alpha value is 0.250. The number of alkyl halides is 1. The second-order valence-electron chi connectivity index (χ2n) is 2.30. The van der Waals surface area contributed by atoms with E-state index in [9.17, 15) is 0 Å². The van der Waals surface area contributed by atoms with Gasteiger partial charge < -0.3 is 0 Å². The first-order valence-electron chi connectivity index (χ1n) is 2.31. The molecule has 0 rings (SSSR count). The summed E-state index contributed by atoms with van der Waals surface area (Å²) in [5.41, 5.74) is 0. The summed E-state index contributed by atoms with van der Waals surface area (Å²) in [5, 5.41) is 0. The van der Waals surface area contributed by atoms with Crippen LogP contribution in [0.2, 0.25) is 0 Å². The standard InChI is InChI=1S/C5H12ClN/c1-5(2,6)7(3)4/h1-4H3. The highest BCUT2D eigenvalue weighted by molar-refractivity contribution is 6.23. The maximum absolute atomic E-state index is 5.79. The number of hydrogen-bond donors (Lipinski definition) is 0. The van der Waals surface area contributed by atoms with E-state index < -0.39 is 0 Å². The summed E-state index contributed by atoms with van der Waals surface area (Å²) < 4.78 is 0. The van der Waals surface area contributed by atoms with E-state index in [0.29, 0.717) is 0 Å². The van der Waals surface area contributed by atoms with E-state index in [2.05, 4.69) is 0 Å². The number of halogens is 1. The first-order chi connectivity index (χ1) is 2.94. The van der Waals surface area contributed by atoms with Gasteiger partial charge in [0.05, 0.1) is 5.00 Å². The Morgan fingerprint density at radius 2 is 1.43 bits per heavy atom. The maximum Gasteiger partial charge on any atom is 0.0898 e. The molecule has 0 heterocycles. The van der Waals surface area contributed by atoms with Crippen LogP contribution in [0.15, 0.2) is 0 Å². The van der Waals surface area contributed by atoms with Crippen molar-refractivity contribution in [3.63, 3.8) is 0 Å². The van der Waals surface area contributed by atoms with Crippen LogP contribution in [-0.4, -0.2) is 24.0 Å². The van der Waals surface area contributed by atoms with Gasteiger partial charge >= 0.3 is 0 Å². The van der Waals surface area contributed by atoms with Crippen molar-refractivity contribution in [3.05, 3.63) is 0 Å². The largest absolute Gasteiger partial charge is 0.292 e. The van der Waals surface area contributed by atoms with Crippen LogP contribution in [0, 0.1) is 0 Å². The summed E-state index contributed by atoms with van der Waals surface area (Å²) >= 11 is 5.79. The molecule has 0 N–H and O–H groups in total. The highest BCUT2D eigenvalue weighted by atomic mass is 35.5. The highest BCUT2D eigenvalue weighted by Gasteiger charge is 2.13. The van der Waals surface area contributed by atoms with Crippen LogP contribution in [0.5, 0.6) is 0 Å². The Bertz CT molecular complexity index is 53.6. The van der Waals surface area contributed by atoms with Crippen molar-refractivity contribution in [3.8, 4) is 0 Å². The molecule has 0 aliphatic carbocycles. The second-order valence-corrected chi connectivity index (χ2v) is 3.23. The Kier molecular flexibility index (Phi) is 2.09. The van der Waals surface area contributed by atoms with Gasteiger partial charge in [-0.3, -0.25) is 4.90 Å². The number of nitrogens with zero attached hydrogens (tertiary/aromatic N) is 1. The van der Waals surface area contributed by atoms with Crippen LogP contribution in [0.3, 0.4) is 0 Å². The normalized spacial score (nSPS) is 12.9. The molecule has 0 saturated heterocycles. The van der Waals surface area contributed by atoms with Crippen LogP contribution in [0.1, 0.15) is 13.8 Å². The van der Waals surface area contributed by atoms with Crippen LogP contribution >= 0.6 is 11.6 Å². The molecule has 0 spiro atoms. The molecule has 0 aromatic heterocycles. The lowest BCUT2D eigenvalue weighted by atomic mass is 10.4. The summed E-state index contributed by atoms with van der Waals surface area (Å²) in [4.78, 5) is 1.76. The van der Waals surface area contributed by atoms with Crippen molar-refractivity contribution in [2.75, 3.05) is 14.1 Å². The lowest BCUT2D eigenvalue weighted by Crippen LogP contribution is -2.31. The molecule has 1 nitrogen and oxygen atoms in total. The minimum absolute atomic E-state index is 0.194. The molecule has 7 heavy (non-hydrogen) atoms. The number of rotatable bonds is 1. The molecule has 0 aliphatic heterocycles. The van der Waals surface area contributed by atoms with Crippen molar-refractivity contribution >= 4 is 11.6 Å². The molecular weight excluding hydrogens is 110 g/mol. The predicted octanol–water partition coefficient (Wildman–Crippen LogP) is 1.52. The summed E-state index contributed by atoms with van der Waals surface area (Å²) in [6.45, 7) is 3.91. The minimum Gasteiger partial charge on any atom is -0.292 e. The Labute approximate surface area is 50.3 Å². The van der Waals surface area contributed by atoms with Gasteiger partial charge in [0.2, 0.25) is 0 Å². The van der Waals surface area contributed by atoms with Gasteiger partial charge in [0.25, 0.3) is 0 Å². The van der Waals surface area contributed by atoms with Crippen LogP contribution in [0.25, 0.3) is 0 Å². The van der Waals surface area contributed by atoms with Gasteiger partial charge in [0.15, 0.2) is 0 Å². The van der Waals surface area contributed by atoms with Gasteiger partial charge in [0, 0.05) is 0 Å². The molecule has 0 aromatic carbocycles. The van der Waals surface area contributed by atoms with Gasteiger partial charge in [-0.2, -0.15) is 0 Å². The summed E-state index contributed by atoms with van der Waals surface area (Å²) in [6, 6.07) is 0. The van der Waals surface area contributed by atoms with E-state index in [0.717, 1.165) is 0 Å². The number of hydrogen-bond acceptors (Lipinski definition) is 1. The lowest BCUT2D eigenvalue weighted by Gasteiger charge is -2.24. The van der Waals surface area contributed by atoms with Crippen molar-refractivity contribution < 1.29 is 0 Å². The SMILES string of the molecule is CN(C)C(C)(C)Cl. The molecule has 0 saturated carbocycles. The fraction of sp³-hybridized carbons (Fsp3) is 1.00. The minimum atomic E-state index is -0.194. The van der Waals surface area contributed by atoms with Crippen molar-refractivity contribution in [1.82, 2.24) is 4.90 Å². The molecule has 0 bridgehead atoms. The third-order valence-corrected chi connectivity index (χ3v) is 1.40. The van der Waals surface area contributed by atoms with E-state index in [1.165, 1.54) is 0 Å². The van der Waals surface area contributed by atoms with Crippen LogP contribution < -0.4 is 0 Å². The summed E-state index contributed by atoms with van der Waals surface area (Å²) in [6.07, 6.45) is 0. The monoisotopic (exact) mass is 121 g/mol. The van der Waals surface area contributed by atoms with Gasteiger partial charge in [-0.1, -0.05) is 0 Å². The Balaban J connectivity index is 3.54. The smallest absolute Gasteiger partial charge is 0.0898 e. The van der Waals surface area contributed by atoms with Crippen molar-refractivity contribution in [2.45, 2.75) is 18.8 Å². The molecule has 0 atom stereocenters. The van der Waals surface area contributed by atoms with E-state index in [-0.39, 0.29) is 5.00 Å². The average molecular weight is 122 g/mol. The van der Waals surface area contributed by atoms with E-state index in [1.54, 1.807) is 0 Å². The predicted molar refractivity (Wildman–Crippen MR) is 33.6 cm³/mol. The molecule has 2 heteroatoms. The fourth-order valence-corrected chi connectivity index (χ4v) is 0. The molecule has 0 amide bonds. The topological polar surface area (TPSA) is 3.24 Å². The third kappa shape index (κ3) is 2.89. The second kappa shape index (κ2) is 2.01. The molecule has 0 aliphatic rings. The van der Waals surface area contributed by atoms with Gasteiger partial charge in [-0.05, 0) is 27.9 Å². The average Bonchev–Trinajstić information content (AvgIpc) is 1.31. The zero-order valence-corrected chi connectivity index (χ0v) is 6.08.